The zero-order chi connectivity index (χ0) is 20.3. The maximum Gasteiger partial charge on any atom is 0.225 e. The Morgan fingerprint density at radius 3 is 2.57 bits per heavy atom. The molecule has 1 heterocycles. The van der Waals surface area contributed by atoms with E-state index in [1.54, 1.807) is 25.4 Å². The van der Waals surface area contributed by atoms with Crippen LogP contribution in [0.15, 0.2) is 53.5 Å². The number of rotatable bonds is 6. The van der Waals surface area contributed by atoms with Crippen LogP contribution in [0.25, 0.3) is 0 Å². The molecule has 0 fully saturated rings. The third-order valence-electron chi connectivity index (χ3n) is 4.36. The second kappa shape index (κ2) is 8.35. The lowest BCUT2D eigenvalue weighted by atomic mass is 10.2. The predicted octanol–water partition coefficient (Wildman–Crippen LogP) is 4.76. The van der Waals surface area contributed by atoms with Crippen LogP contribution in [-0.2, 0) is 6.54 Å². The molecule has 3 aromatic rings. The summed E-state index contributed by atoms with van der Waals surface area (Å²) in [6, 6.07) is 11.6. The van der Waals surface area contributed by atoms with Gasteiger partial charge < -0.3 is 19.4 Å². The molecule has 0 aliphatic carbocycles. The fraction of sp³-hybridized carbons (Fsp3) is 0.190. The second-order valence-electron chi connectivity index (χ2n) is 6.27. The van der Waals surface area contributed by atoms with Crippen molar-refractivity contribution in [2.75, 3.05) is 19.5 Å². The van der Waals surface area contributed by atoms with Gasteiger partial charge in [0.05, 0.1) is 25.4 Å². The molecule has 0 unspecified atom stereocenters. The van der Waals surface area contributed by atoms with Crippen molar-refractivity contribution in [3.8, 4) is 11.5 Å². The normalized spacial score (nSPS) is 10.6. The highest BCUT2D eigenvalue weighted by atomic mass is 35.5. The summed E-state index contributed by atoms with van der Waals surface area (Å²) in [5, 5.41) is 3.32. The van der Waals surface area contributed by atoms with E-state index < -0.39 is 5.82 Å². The quantitative estimate of drug-likeness (QED) is 0.646. The summed E-state index contributed by atoms with van der Waals surface area (Å²) in [6.45, 7) is 2.31. The molecule has 2 aromatic carbocycles. The number of hydrogen-bond acceptors (Lipinski definition) is 4. The number of pyridine rings is 1. The van der Waals surface area contributed by atoms with Crippen molar-refractivity contribution in [3.63, 3.8) is 0 Å². The lowest BCUT2D eigenvalue weighted by molar-refractivity contribution is 0.406. The van der Waals surface area contributed by atoms with Gasteiger partial charge >= 0.3 is 0 Å². The van der Waals surface area contributed by atoms with Gasteiger partial charge in [0.1, 0.15) is 17.4 Å². The Morgan fingerprint density at radius 1 is 1.11 bits per heavy atom. The number of aryl methyl sites for hydroxylation is 1. The van der Waals surface area contributed by atoms with Crippen LogP contribution in [0.2, 0.25) is 5.02 Å². The molecule has 7 heteroatoms. The number of anilines is 2. The van der Waals surface area contributed by atoms with E-state index in [1.165, 1.54) is 19.2 Å². The van der Waals surface area contributed by atoms with Crippen LogP contribution < -0.4 is 20.2 Å². The third-order valence-corrected chi connectivity index (χ3v) is 4.65. The minimum atomic E-state index is -0.478. The van der Waals surface area contributed by atoms with E-state index in [-0.39, 0.29) is 16.2 Å². The number of aromatic nitrogens is 1. The van der Waals surface area contributed by atoms with Crippen LogP contribution in [0.1, 0.15) is 11.1 Å². The molecule has 3 rings (SSSR count). The van der Waals surface area contributed by atoms with Gasteiger partial charge in [-0.15, -0.1) is 0 Å². The predicted molar refractivity (Wildman–Crippen MR) is 109 cm³/mol. The lowest BCUT2D eigenvalue weighted by Crippen LogP contribution is -2.14. The Labute approximate surface area is 167 Å². The topological polar surface area (TPSA) is 52.5 Å². The first-order valence-electron chi connectivity index (χ1n) is 8.55. The van der Waals surface area contributed by atoms with E-state index in [9.17, 15) is 9.18 Å². The van der Waals surface area contributed by atoms with Crippen molar-refractivity contribution in [3.05, 3.63) is 80.9 Å². The SMILES string of the molecule is COc1ccc(C)c(Nc2cc(=O)c(OC)cn2Cc2ccc(F)c(Cl)c2)c1. The molecule has 146 valence electrons. The van der Waals surface area contributed by atoms with Gasteiger partial charge in [0.15, 0.2) is 5.75 Å². The van der Waals surface area contributed by atoms with Gasteiger partial charge in [-0.2, -0.15) is 0 Å². The zero-order valence-electron chi connectivity index (χ0n) is 15.8. The Balaban J connectivity index is 2.03. The molecule has 0 saturated carbocycles. The van der Waals surface area contributed by atoms with Gasteiger partial charge in [-0.05, 0) is 36.2 Å². The number of ether oxygens (including phenoxy) is 2. The number of benzene rings is 2. The molecular weight excluding hydrogens is 383 g/mol. The summed E-state index contributed by atoms with van der Waals surface area (Å²) < 4.78 is 25.7. The average Bonchev–Trinajstić information content (AvgIpc) is 2.68. The van der Waals surface area contributed by atoms with Crippen LogP contribution in [0.4, 0.5) is 15.9 Å². The number of nitrogens with one attached hydrogen (secondary N) is 1. The highest BCUT2D eigenvalue weighted by molar-refractivity contribution is 6.30. The highest BCUT2D eigenvalue weighted by Gasteiger charge is 2.11. The lowest BCUT2D eigenvalue weighted by Gasteiger charge is -2.18. The van der Waals surface area contributed by atoms with Crippen molar-refractivity contribution < 1.29 is 13.9 Å². The van der Waals surface area contributed by atoms with Crippen molar-refractivity contribution >= 4 is 23.1 Å². The average molecular weight is 403 g/mol. The molecule has 0 saturated heterocycles. The van der Waals surface area contributed by atoms with Crippen LogP contribution in [-0.4, -0.2) is 18.8 Å². The molecule has 28 heavy (non-hydrogen) atoms. The first kappa shape index (κ1) is 19.8. The first-order valence-corrected chi connectivity index (χ1v) is 8.93. The van der Waals surface area contributed by atoms with E-state index in [0.29, 0.717) is 18.1 Å². The van der Waals surface area contributed by atoms with Crippen LogP contribution in [0.3, 0.4) is 0 Å². The Bertz CT molecular complexity index is 1070. The summed E-state index contributed by atoms with van der Waals surface area (Å²) in [5.41, 5.74) is 2.32. The molecule has 1 N–H and O–H groups in total. The smallest absolute Gasteiger partial charge is 0.225 e. The van der Waals surface area contributed by atoms with E-state index in [4.69, 9.17) is 21.1 Å². The molecular formula is C21H20ClFN2O3. The minimum Gasteiger partial charge on any atom is -0.497 e. The van der Waals surface area contributed by atoms with Gasteiger partial charge in [0.2, 0.25) is 5.43 Å². The summed E-state index contributed by atoms with van der Waals surface area (Å²) in [6.07, 6.45) is 1.61. The fourth-order valence-corrected chi connectivity index (χ4v) is 2.98. The van der Waals surface area contributed by atoms with E-state index in [1.807, 2.05) is 29.7 Å². The van der Waals surface area contributed by atoms with E-state index in [0.717, 1.165) is 16.8 Å². The fourth-order valence-electron chi connectivity index (χ4n) is 2.78. The van der Waals surface area contributed by atoms with Crippen molar-refractivity contribution in [2.24, 2.45) is 0 Å². The first-order chi connectivity index (χ1) is 13.4. The van der Waals surface area contributed by atoms with Crippen LogP contribution in [0, 0.1) is 12.7 Å². The molecule has 0 aliphatic rings. The van der Waals surface area contributed by atoms with Crippen LogP contribution in [0.5, 0.6) is 11.5 Å². The summed E-state index contributed by atoms with van der Waals surface area (Å²) in [5.74, 6) is 0.984. The third kappa shape index (κ3) is 4.28. The van der Waals surface area contributed by atoms with Crippen molar-refractivity contribution in [2.45, 2.75) is 13.5 Å². The summed E-state index contributed by atoms with van der Waals surface area (Å²) >= 11 is 5.90. The molecule has 0 spiro atoms. The highest BCUT2D eigenvalue weighted by Crippen LogP contribution is 2.26. The van der Waals surface area contributed by atoms with E-state index >= 15 is 0 Å². The van der Waals surface area contributed by atoms with Gasteiger partial charge in [-0.25, -0.2) is 4.39 Å². The monoisotopic (exact) mass is 402 g/mol. The largest absolute Gasteiger partial charge is 0.497 e. The molecule has 0 radical (unpaired) electrons. The molecule has 0 aliphatic heterocycles. The van der Waals surface area contributed by atoms with Gasteiger partial charge in [0, 0.05) is 24.4 Å². The number of hydrogen-bond donors (Lipinski definition) is 1. The van der Waals surface area contributed by atoms with Gasteiger partial charge in [-0.3, -0.25) is 4.79 Å². The molecule has 0 bridgehead atoms. The van der Waals surface area contributed by atoms with Gasteiger partial charge in [-0.1, -0.05) is 23.7 Å². The van der Waals surface area contributed by atoms with Gasteiger partial charge in [0.25, 0.3) is 0 Å². The Kier molecular flexibility index (Phi) is 5.90. The number of halogens is 2. The minimum absolute atomic E-state index is 0.0451. The molecule has 0 atom stereocenters. The van der Waals surface area contributed by atoms with Crippen molar-refractivity contribution in [1.29, 1.82) is 0 Å². The molecule has 5 nitrogen and oxygen atoms in total. The second-order valence-corrected chi connectivity index (χ2v) is 6.68. The van der Waals surface area contributed by atoms with Crippen molar-refractivity contribution in [1.82, 2.24) is 4.57 Å². The van der Waals surface area contributed by atoms with Crippen LogP contribution >= 0.6 is 11.6 Å². The standard InChI is InChI=1S/C21H20ClFN2O3/c1-13-4-6-15(27-2)9-18(13)24-21-10-19(26)20(28-3)12-25(21)11-14-5-7-17(23)16(22)8-14/h4-10,12,24H,11H2,1-3H3. The molecule has 1 aromatic heterocycles. The Hall–Kier alpha value is -2.99. The maximum absolute atomic E-state index is 13.5. The summed E-state index contributed by atoms with van der Waals surface area (Å²) in [4.78, 5) is 12.3. The number of nitrogens with zero attached hydrogens (tertiary/aromatic N) is 1. The Morgan fingerprint density at radius 2 is 1.89 bits per heavy atom. The summed E-state index contributed by atoms with van der Waals surface area (Å²) in [7, 11) is 3.03. The zero-order valence-corrected chi connectivity index (χ0v) is 16.5. The van der Waals surface area contributed by atoms with E-state index in [2.05, 4.69) is 5.32 Å². The maximum atomic E-state index is 13.5. The number of methoxy groups -OCH3 is 2. The molecule has 0 amide bonds.